The number of carbonyl (C=O) groups is 1. The Morgan fingerprint density at radius 1 is 1.32 bits per heavy atom. The summed E-state index contributed by atoms with van der Waals surface area (Å²) in [6, 6.07) is 5.38. The molecule has 1 atom stereocenters. The van der Waals surface area contributed by atoms with Crippen LogP contribution in [0.5, 0.6) is 0 Å². The van der Waals surface area contributed by atoms with Crippen LogP contribution >= 0.6 is 0 Å². The van der Waals surface area contributed by atoms with E-state index >= 15 is 0 Å². The van der Waals surface area contributed by atoms with Crippen molar-refractivity contribution in [3.63, 3.8) is 0 Å². The highest BCUT2D eigenvalue weighted by Crippen LogP contribution is 2.32. The highest BCUT2D eigenvalue weighted by Gasteiger charge is 2.28. The average molecular weight is 324 g/mol. The predicted octanol–water partition coefficient (Wildman–Crippen LogP) is 1.89. The lowest BCUT2D eigenvalue weighted by Crippen LogP contribution is -2.36. The van der Waals surface area contributed by atoms with Gasteiger partial charge in [-0.2, -0.15) is 0 Å². The van der Waals surface area contributed by atoms with Gasteiger partial charge in [-0.1, -0.05) is 17.7 Å². The fraction of sp³-hybridized carbons (Fsp3) is 0.562. The summed E-state index contributed by atoms with van der Waals surface area (Å²) < 4.78 is 27.0. The van der Waals surface area contributed by atoms with Crippen molar-refractivity contribution in [2.75, 3.05) is 6.54 Å². The van der Waals surface area contributed by atoms with E-state index in [4.69, 9.17) is 0 Å². The first-order valence-electron chi connectivity index (χ1n) is 7.66. The highest BCUT2D eigenvalue weighted by molar-refractivity contribution is 7.89. The van der Waals surface area contributed by atoms with Gasteiger partial charge in [0.1, 0.15) is 0 Å². The van der Waals surface area contributed by atoms with Crippen LogP contribution in [0.1, 0.15) is 37.3 Å². The van der Waals surface area contributed by atoms with Crippen LogP contribution < -0.4 is 10.0 Å². The average Bonchev–Trinajstić information content (AvgIpc) is 3.21. The van der Waals surface area contributed by atoms with E-state index in [1.165, 1.54) is 12.8 Å². The molecular formula is C16H24N2O3S. The van der Waals surface area contributed by atoms with E-state index in [1.54, 1.807) is 19.1 Å². The van der Waals surface area contributed by atoms with Gasteiger partial charge in [0.15, 0.2) is 0 Å². The topological polar surface area (TPSA) is 75.3 Å². The van der Waals surface area contributed by atoms with E-state index in [2.05, 4.69) is 10.0 Å². The predicted molar refractivity (Wildman–Crippen MR) is 86.1 cm³/mol. The second-order valence-corrected chi connectivity index (χ2v) is 7.85. The minimum atomic E-state index is -3.57. The van der Waals surface area contributed by atoms with Gasteiger partial charge in [-0.15, -0.1) is 0 Å². The summed E-state index contributed by atoms with van der Waals surface area (Å²) >= 11 is 0. The molecule has 0 spiro atoms. The summed E-state index contributed by atoms with van der Waals surface area (Å²) in [4.78, 5) is 12.0. The SMILES string of the molecule is Cc1ccc(S(=O)(=O)NCCC(=O)NC(C)C2CC2)c(C)c1. The van der Waals surface area contributed by atoms with Crippen molar-refractivity contribution in [1.29, 1.82) is 0 Å². The van der Waals surface area contributed by atoms with Crippen LogP contribution in [0.4, 0.5) is 0 Å². The molecule has 122 valence electrons. The zero-order valence-electron chi connectivity index (χ0n) is 13.3. The summed E-state index contributed by atoms with van der Waals surface area (Å²) in [6.45, 7) is 5.79. The third kappa shape index (κ3) is 4.55. The Morgan fingerprint density at radius 2 is 2.00 bits per heavy atom. The fourth-order valence-corrected chi connectivity index (χ4v) is 3.77. The molecule has 1 amide bonds. The summed E-state index contributed by atoms with van der Waals surface area (Å²) in [6.07, 6.45) is 2.49. The van der Waals surface area contributed by atoms with E-state index < -0.39 is 10.0 Å². The van der Waals surface area contributed by atoms with Crippen LogP contribution in [-0.4, -0.2) is 26.9 Å². The van der Waals surface area contributed by atoms with Gasteiger partial charge < -0.3 is 5.32 Å². The second kappa shape index (κ2) is 6.79. The molecule has 2 rings (SSSR count). The number of hydrogen-bond acceptors (Lipinski definition) is 3. The molecule has 0 aromatic heterocycles. The Hall–Kier alpha value is -1.40. The Balaban J connectivity index is 1.85. The normalized spacial score (nSPS) is 16.3. The smallest absolute Gasteiger partial charge is 0.240 e. The minimum absolute atomic E-state index is 0.109. The molecule has 5 nitrogen and oxygen atoms in total. The minimum Gasteiger partial charge on any atom is -0.353 e. The lowest BCUT2D eigenvalue weighted by molar-refractivity contribution is -0.121. The van der Waals surface area contributed by atoms with Gasteiger partial charge in [-0.25, -0.2) is 13.1 Å². The van der Waals surface area contributed by atoms with Crippen molar-refractivity contribution >= 4 is 15.9 Å². The van der Waals surface area contributed by atoms with Gasteiger partial charge in [0, 0.05) is 19.0 Å². The number of aryl methyl sites for hydroxylation is 2. The van der Waals surface area contributed by atoms with Crippen LogP contribution in [0, 0.1) is 19.8 Å². The zero-order valence-corrected chi connectivity index (χ0v) is 14.2. The third-order valence-corrected chi connectivity index (χ3v) is 5.60. The van der Waals surface area contributed by atoms with Crippen LogP contribution in [0.3, 0.4) is 0 Å². The number of carbonyl (C=O) groups excluding carboxylic acids is 1. The molecule has 0 bridgehead atoms. The van der Waals surface area contributed by atoms with Gasteiger partial charge in [0.25, 0.3) is 0 Å². The molecule has 1 aromatic rings. The number of rotatable bonds is 7. The Bertz CT molecular complexity index is 651. The monoisotopic (exact) mass is 324 g/mol. The van der Waals surface area contributed by atoms with Crippen molar-refractivity contribution in [2.24, 2.45) is 5.92 Å². The standard InChI is InChI=1S/C16H24N2O3S/c1-11-4-7-15(12(2)10-11)22(20,21)17-9-8-16(19)18-13(3)14-5-6-14/h4,7,10,13-14,17H,5-6,8-9H2,1-3H3,(H,18,19). The quantitative estimate of drug-likeness (QED) is 0.804. The molecule has 1 saturated carbocycles. The van der Waals surface area contributed by atoms with Crippen LogP contribution in [0.25, 0.3) is 0 Å². The maximum absolute atomic E-state index is 12.2. The van der Waals surface area contributed by atoms with E-state index in [1.807, 2.05) is 19.9 Å². The molecule has 1 aliphatic carbocycles. The van der Waals surface area contributed by atoms with E-state index in [9.17, 15) is 13.2 Å². The molecule has 1 aromatic carbocycles. The van der Waals surface area contributed by atoms with Gasteiger partial charge in [0.2, 0.25) is 15.9 Å². The summed E-state index contributed by atoms with van der Waals surface area (Å²) in [5.41, 5.74) is 1.73. The van der Waals surface area contributed by atoms with Gasteiger partial charge in [-0.3, -0.25) is 4.79 Å². The molecule has 1 unspecified atom stereocenters. The number of sulfonamides is 1. The summed E-state index contributed by atoms with van der Waals surface area (Å²) in [5.74, 6) is 0.485. The van der Waals surface area contributed by atoms with Crippen molar-refractivity contribution in [3.8, 4) is 0 Å². The Morgan fingerprint density at radius 3 is 2.59 bits per heavy atom. The molecule has 0 aliphatic heterocycles. The van der Waals surface area contributed by atoms with Crippen LogP contribution in [0.15, 0.2) is 23.1 Å². The molecule has 6 heteroatoms. The third-order valence-electron chi connectivity index (χ3n) is 3.98. The maximum Gasteiger partial charge on any atom is 0.240 e. The number of nitrogens with one attached hydrogen (secondary N) is 2. The van der Waals surface area contributed by atoms with Gasteiger partial charge >= 0.3 is 0 Å². The first-order chi connectivity index (χ1) is 10.3. The van der Waals surface area contributed by atoms with Crippen molar-refractivity contribution < 1.29 is 13.2 Å². The van der Waals surface area contributed by atoms with E-state index in [0.717, 1.165) is 5.56 Å². The molecule has 0 saturated heterocycles. The van der Waals surface area contributed by atoms with Crippen LogP contribution in [-0.2, 0) is 14.8 Å². The molecule has 0 radical (unpaired) electrons. The van der Waals surface area contributed by atoms with E-state index in [0.29, 0.717) is 11.5 Å². The zero-order chi connectivity index (χ0) is 16.3. The van der Waals surface area contributed by atoms with Gasteiger partial charge in [-0.05, 0) is 51.2 Å². The molecule has 2 N–H and O–H groups in total. The summed E-state index contributed by atoms with van der Waals surface area (Å²) in [5, 5.41) is 2.91. The molecule has 22 heavy (non-hydrogen) atoms. The molecule has 0 heterocycles. The first kappa shape index (κ1) is 17.0. The van der Waals surface area contributed by atoms with Crippen molar-refractivity contribution in [3.05, 3.63) is 29.3 Å². The number of amides is 1. The first-order valence-corrected chi connectivity index (χ1v) is 9.14. The van der Waals surface area contributed by atoms with Crippen molar-refractivity contribution in [2.45, 2.75) is 51.0 Å². The van der Waals surface area contributed by atoms with Crippen molar-refractivity contribution in [1.82, 2.24) is 10.0 Å². The Kier molecular flexibility index (Phi) is 5.24. The lowest BCUT2D eigenvalue weighted by atomic mass is 10.2. The largest absolute Gasteiger partial charge is 0.353 e. The molecule has 1 aliphatic rings. The van der Waals surface area contributed by atoms with Gasteiger partial charge in [0.05, 0.1) is 4.90 Å². The van der Waals surface area contributed by atoms with E-state index in [-0.39, 0.29) is 29.8 Å². The van der Waals surface area contributed by atoms with Crippen LogP contribution in [0.2, 0.25) is 0 Å². The number of benzene rings is 1. The summed E-state index contributed by atoms with van der Waals surface area (Å²) in [7, 11) is -3.57. The number of hydrogen-bond donors (Lipinski definition) is 2. The Labute approximate surface area is 132 Å². The lowest BCUT2D eigenvalue weighted by Gasteiger charge is -2.13. The fourth-order valence-electron chi connectivity index (χ4n) is 2.52. The highest BCUT2D eigenvalue weighted by atomic mass is 32.2. The maximum atomic E-state index is 12.2. The molecular weight excluding hydrogens is 300 g/mol. The molecule has 1 fully saturated rings. The second-order valence-electron chi connectivity index (χ2n) is 6.11.